The lowest BCUT2D eigenvalue weighted by molar-refractivity contribution is 0.0693. The van der Waals surface area contributed by atoms with Gasteiger partial charge in [0.1, 0.15) is 4.88 Å². The molecule has 0 unspecified atom stereocenters. The van der Waals surface area contributed by atoms with Crippen LogP contribution in [0.25, 0.3) is 0 Å². The first-order valence-electron chi connectivity index (χ1n) is 8.03. The summed E-state index contributed by atoms with van der Waals surface area (Å²) < 4.78 is 0. The van der Waals surface area contributed by atoms with E-state index in [-0.39, 0.29) is 22.7 Å². The Labute approximate surface area is 149 Å². The average molecular weight is 358 g/mol. The second kappa shape index (κ2) is 7.48. The molecule has 3 rings (SSSR count). The number of benzene rings is 1. The highest BCUT2D eigenvalue weighted by atomic mass is 32.1. The Morgan fingerprint density at radius 1 is 1.00 bits per heavy atom. The van der Waals surface area contributed by atoms with Gasteiger partial charge in [0.15, 0.2) is 0 Å². The van der Waals surface area contributed by atoms with Gasteiger partial charge >= 0.3 is 5.97 Å². The summed E-state index contributed by atoms with van der Waals surface area (Å²) in [5.74, 6) is -1.27. The second-order valence-corrected chi connectivity index (χ2v) is 6.96. The third-order valence-corrected chi connectivity index (χ3v) is 5.24. The third-order valence-electron chi connectivity index (χ3n) is 4.18. The number of amides is 2. The number of carbonyl (C=O) groups excluding carboxylic acids is 2. The van der Waals surface area contributed by atoms with Gasteiger partial charge < -0.3 is 15.3 Å². The fraction of sp³-hybridized carbons (Fsp3) is 0.278. The summed E-state index contributed by atoms with van der Waals surface area (Å²) in [5.41, 5.74) is 0.626. The van der Waals surface area contributed by atoms with E-state index in [0.717, 1.165) is 11.3 Å². The van der Waals surface area contributed by atoms with Crippen LogP contribution in [-0.4, -0.2) is 46.9 Å². The Kier molecular flexibility index (Phi) is 5.14. The lowest BCUT2D eigenvalue weighted by Gasteiger charge is -2.32. The minimum Gasteiger partial charge on any atom is -0.477 e. The van der Waals surface area contributed by atoms with Crippen molar-refractivity contribution in [3.63, 3.8) is 0 Å². The summed E-state index contributed by atoms with van der Waals surface area (Å²) in [7, 11) is 0. The normalized spacial score (nSPS) is 15.0. The largest absolute Gasteiger partial charge is 0.477 e. The lowest BCUT2D eigenvalue weighted by Crippen LogP contribution is -2.46. The number of hydrogen-bond donors (Lipinski definition) is 2. The fourth-order valence-corrected chi connectivity index (χ4v) is 3.62. The van der Waals surface area contributed by atoms with Crippen LogP contribution in [0.3, 0.4) is 0 Å². The number of thiophene rings is 1. The molecule has 7 heteroatoms. The molecule has 25 heavy (non-hydrogen) atoms. The molecule has 6 nitrogen and oxygen atoms in total. The van der Waals surface area contributed by atoms with E-state index >= 15 is 0 Å². The van der Waals surface area contributed by atoms with Crippen LogP contribution >= 0.6 is 11.3 Å². The maximum Gasteiger partial charge on any atom is 0.345 e. The molecule has 0 aliphatic carbocycles. The number of nitrogens with one attached hydrogen (secondary N) is 1. The van der Waals surface area contributed by atoms with Crippen molar-refractivity contribution in [2.75, 3.05) is 13.1 Å². The molecule has 0 saturated carbocycles. The number of carboxylic acids is 1. The number of nitrogens with zero attached hydrogens (tertiary/aromatic N) is 1. The van der Waals surface area contributed by atoms with Gasteiger partial charge in [-0.05, 0) is 37.1 Å². The predicted molar refractivity (Wildman–Crippen MR) is 94.1 cm³/mol. The summed E-state index contributed by atoms with van der Waals surface area (Å²) in [6.07, 6.45) is 1.36. The molecule has 1 aliphatic heterocycles. The van der Waals surface area contributed by atoms with Crippen molar-refractivity contribution in [1.29, 1.82) is 0 Å². The Morgan fingerprint density at radius 2 is 1.64 bits per heavy atom. The molecule has 2 amide bonds. The summed E-state index contributed by atoms with van der Waals surface area (Å²) >= 11 is 0.991. The second-order valence-electron chi connectivity index (χ2n) is 5.88. The van der Waals surface area contributed by atoms with Crippen LogP contribution in [0.5, 0.6) is 0 Å². The molecule has 0 radical (unpaired) electrons. The zero-order valence-corrected chi connectivity index (χ0v) is 14.3. The van der Waals surface area contributed by atoms with Crippen molar-refractivity contribution < 1.29 is 19.5 Å². The van der Waals surface area contributed by atoms with Gasteiger partial charge in [0.2, 0.25) is 0 Å². The molecule has 0 bridgehead atoms. The third kappa shape index (κ3) is 4.06. The molecule has 0 atom stereocenters. The minimum atomic E-state index is -1.02. The molecular formula is C18H18N2O4S. The van der Waals surface area contributed by atoms with Crippen LogP contribution in [-0.2, 0) is 0 Å². The topological polar surface area (TPSA) is 86.7 Å². The first-order chi connectivity index (χ1) is 12.0. The molecule has 1 fully saturated rings. The zero-order chi connectivity index (χ0) is 17.8. The molecule has 1 aromatic heterocycles. The molecule has 2 heterocycles. The Bertz CT molecular complexity index is 779. The Morgan fingerprint density at radius 3 is 2.24 bits per heavy atom. The van der Waals surface area contributed by atoms with Gasteiger partial charge in [0.05, 0.1) is 4.88 Å². The van der Waals surface area contributed by atoms with Gasteiger partial charge in [-0.3, -0.25) is 9.59 Å². The SMILES string of the molecule is O=C(NC1CCN(C(=O)c2ccc(C(=O)O)s2)CC1)c1ccccc1. The van der Waals surface area contributed by atoms with Gasteiger partial charge in [0, 0.05) is 24.7 Å². The van der Waals surface area contributed by atoms with Crippen molar-refractivity contribution in [3.05, 3.63) is 57.8 Å². The predicted octanol–water partition coefficient (Wildman–Crippen LogP) is 2.48. The quantitative estimate of drug-likeness (QED) is 0.879. The number of rotatable bonds is 4. The van der Waals surface area contributed by atoms with Crippen LogP contribution in [0, 0.1) is 0 Å². The van der Waals surface area contributed by atoms with E-state index in [4.69, 9.17) is 5.11 Å². The number of piperidine rings is 1. The number of carbonyl (C=O) groups is 3. The zero-order valence-electron chi connectivity index (χ0n) is 13.5. The molecule has 2 aromatic rings. The average Bonchev–Trinajstić information content (AvgIpc) is 3.13. The molecule has 1 saturated heterocycles. The summed E-state index contributed by atoms with van der Waals surface area (Å²) in [4.78, 5) is 37.8. The molecule has 2 N–H and O–H groups in total. The van der Waals surface area contributed by atoms with Gasteiger partial charge in [-0.2, -0.15) is 0 Å². The highest BCUT2D eigenvalue weighted by Gasteiger charge is 2.26. The van der Waals surface area contributed by atoms with Gasteiger partial charge in [-0.1, -0.05) is 18.2 Å². The van der Waals surface area contributed by atoms with Crippen molar-refractivity contribution in [3.8, 4) is 0 Å². The maximum atomic E-state index is 12.4. The minimum absolute atomic E-state index is 0.0367. The van der Waals surface area contributed by atoms with Crippen LogP contribution in [0.1, 0.15) is 42.5 Å². The van der Waals surface area contributed by atoms with Crippen LogP contribution in [0.2, 0.25) is 0 Å². The first kappa shape index (κ1) is 17.2. The van der Waals surface area contributed by atoms with E-state index in [9.17, 15) is 14.4 Å². The molecule has 0 spiro atoms. The van der Waals surface area contributed by atoms with E-state index in [1.54, 1.807) is 23.1 Å². The van der Waals surface area contributed by atoms with Crippen molar-refractivity contribution in [2.45, 2.75) is 18.9 Å². The van der Waals surface area contributed by atoms with E-state index in [0.29, 0.717) is 36.4 Å². The lowest BCUT2D eigenvalue weighted by atomic mass is 10.0. The Balaban J connectivity index is 1.53. The van der Waals surface area contributed by atoms with Gasteiger partial charge in [-0.15, -0.1) is 11.3 Å². The smallest absolute Gasteiger partial charge is 0.345 e. The monoisotopic (exact) mass is 358 g/mol. The molecule has 130 valence electrons. The highest BCUT2D eigenvalue weighted by molar-refractivity contribution is 7.15. The molecule has 1 aromatic carbocycles. The highest BCUT2D eigenvalue weighted by Crippen LogP contribution is 2.21. The number of hydrogen-bond acceptors (Lipinski definition) is 4. The summed E-state index contributed by atoms with van der Waals surface area (Å²) in [6, 6.07) is 12.1. The van der Waals surface area contributed by atoms with E-state index in [2.05, 4.69) is 5.32 Å². The van der Waals surface area contributed by atoms with Crippen molar-refractivity contribution >= 4 is 29.1 Å². The summed E-state index contributed by atoms with van der Waals surface area (Å²) in [5, 5.41) is 11.9. The van der Waals surface area contributed by atoms with Crippen LogP contribution in [0.15, 0.2) is 42.5 Å². The summed E-state index contributed by atoms with van der Waals surface area (Å²) in [6.45, 7) is 1.08. The Hall–Kier alpha value is -2.67. The number of likely N-dealkylation sites (tertiary alicyclic amines) is 1. The standard InChI is InChI=1S/C18H18N2O4S/c21-16(12-4-2-1-3-5-12)19-13-8-10-20(11-9-13)17(22)14-6-7-15(25-14)18(23)24/h1-7,13H,8-11H2,(H,19,21)(H,23,24). The number of carboxylic acid groups (broad SMARTS) is 1. The van der Waals surface area contributed by atoms with Crippen molar-refractivity contribution in [2.24, 2.45) is 0 Å². The maximum absolute atomic E-state index is 12.4. The number of aromatic carboxylic acids is 1. The fourth-order valence-electron chi connectivity index (χ4n) is 2.81. The van der Waals surface area contributed by atoms with Gasteiger partial charge in [-0.25, -0.2) is 4.79 Å². The van der Waals surface area contributed by atoms with E-state index in [1.165, 1.54) is 6.07 Å². The van der Waals surface area contributed by atoms with Crippen LogP contribution in [0.4, 0.5) is 0 Å². The first-order valence-corrected chi connectivity index (χ1v) is 8.84. The van der Waals surface area contributed by atoms with Gasteiger partial charge in [0.25, 0.3) is 11.8 Å². The van der Waals surface area contributed by atoms with E-state index in [1.807, 2.05) is 18.2 Å². The molecular weight excluding hydrogens is 340 g/mol. The molecule has 1 aliphatic rings. The van der Waals surface area contributed by atoms with E-state index < -0.39 is 5.97 Å². The van der Waals surface area contributed by atoms with Crippen molar-refractivity contribution in [1.82, 2.24) is 10.2 Å². The van der Waals surface area contributed by atoms with Crippen LogP contribution < -0.4 is 5.32 Å².